The number of nitrogens with one attached hydrogen (secondary N) is 1. The Morgan fingerprint density at radius 3 is 2.59 bits per heavy atom. The van der Waals surface area contributed by atoms with E-state index < -0.39 is 0 Å². The molecule has 0 aliphatic heterocycles. The second kappa shape index (κ2) is 8.84. The maximum absolute atomic E-state index is 12.9. The van der Waals surface area contributed by atoms with Crippen LogP contribution >= 0.6 is 12.4 Å². The van der Waals surface area contributed by atoms with Crippen LogP contribution in [0.3, 0.4) is 0 Å². The number of hydrogen-bond donors (Lipinski definition) is 2. The van der Waals surface area contributed by atoms with Crippen molar-refractivity contribution in [3.8, 4) is 5.75 Å². The summed E-state index contributed by atoms with van der Waals surface area (Å²) < 4.78 is 11.2. The molecule has 1 saturated carbocycles. The van der Waals surface area contributed by atoms with Gasteiger partial charge in [0, 0.05) is 12.6 Å². The average Bonchev–Trinajstić information content (AvgIpc) is 3.50. The van der Waals surface area contributed by atoms with E-state index in [0.29, 0.717) is 30.4 Å². The van der Waals surface area contributed by atoms with Gasteiger partial charge in [0.1, 0.15) is 18.1 Å². The van der Waals surface area contributed by atoms with Gasteiger partial charge in [0.05, 0.1) is 16.8 Å². The quantitative estimate of drug-likeness (QED) is 0.610. The molecule has 1 amide bonds. The van der Waals surface area contributed by atoms with Gasteiger partial charge in [0.25, 0.3) is 5.91 Å². The third kappa shape index (κ3) is 4.71. The van der Waals surface area contributed by atoms with Crippen LogP contribution in [0.5, 0.6) is 5.75 Å². The summed E-state index contributed by atoms with van der Waals surface area (Å²) in [6, 6.07) is 11.7. The van der Waals surface area contributed by atoms with Gasteiger partial charge < -0.3 is 20.3 Å². The molecule has 1 unspecified atom stereocenters. The van der Waals surface area contributed by atoms with Crippen molar-refractivity contribution < 1.29 is 14.1 Å². The molecule has 2 aromatic carbocycles. The molecule has 0 radical (unpaired) electrons. The Morgan fingerprint density at radius 1 is 1.28 bits per heavy atom. The first kappa shape index (κ1) is 21.1. The van der Waals surface area contributed by atoms with Gasteiger partial charge in [-0.25, -0.2) is 0 Å². The summed E-state index contributed by atoms with van der Waals surface area (Å²) in [7, 11) is 0. The molecule has 1 fully saturated rings. The molecule has 1 aromatic heterocycles. The molecule has 1 aliphatic rings. The number of carbonyl (C=O) groups excluding carboxylic acids is 1. The number of nitrogens with two attached hydrogens (primary N) is 1. The average molecular weight is 416 g/mol. The van der Waals surface area contributed by atoms with E-state index in [0.717, 1.165) is 40.6 Å². The molecule has 0 spiro atoms. The largest absolute Gasteiger partial charge is 0.488 e. The van der Waals surface area contributed by atoms with Crippen molar-refractivity contribution in [2.24, 2.45) is 11.7 Å². The topological polar surface area (TPSA) is 90.4 Å². The van der Waals surface area contributed by atoms with Crippen LogP contribution in [0.4, 0.5) is 0 Å². The molecule has 1 heterocycles. The molecule has 29 heavy (non-hydrogen) atoms. The maximum atomic E-state index is 12.9. The van der Waals surface area contributed by atoms with Crippen molar-refractivity contribution in [1.82, 2.24) is 10.5 Å². The van der Waals surface area contributed by atoms with Crippen LogP contribution in [0.25, 0.3) is 10.8 Å². The molecule has 3 N–H and O–H groups in total. The highest BCUT2D eigenvalue weighted by molar-refractivity contribution is 6.01. The number of ether oxygens (including phenoxy) is 1. The van der Waals surface area contributed by atoms with Gasteiger partial charge in [-0.15, -0.1) is 12.4 Å². The van der Waals surface area contributed by atoms with Crippen molar-refractivity contribution in [1.29, 1.82) is 0 Å². The second-order valence-electron chi connectivity index (χ2n) is 7.50. The predicted octanol–water partition coefficient (Wildman–Crippen LogP) is 3.91. The number of aromatic nitrogens is 1. The monoisotopic (exact) mass is 415 g/mol. The van der Waals surface area contributed by atoms with Gasteiger partial charge in [-0.05, 0) is 55.5 Å². The van der Waals surface area contributed by atoms with Gasteiger partial charge in [-0.2, -0.15) is 0 Å². The van der Waals surface area contributed by atoms with Gasteiger partial charge in [0.15, 0.2) is 0 Å². The van der Waals surface area contributed by atoms with Crippen LogP contribution in [0, 0.1) is 19.8 Å². The molecular weight excluding hydrogens is 390 g/mol. The number of carbonyl (C=O) groups is 1. The first-order valence-electron chi connectivity index (χ1n) is 9.64. The number of rotatable bonds is 7. The second-order valence-corrected chi connectivity index (χ2v) is 7.50. The van der Waals surface area contributed by atoms with E-state index in [2.05, 4.69) is 10.5 Å². The minimum Gasteiger partial charge on any atom is -0.488 e. The van der Waals surface area contributed by atoms with Crippen LogP contribution < -0.4 is 15.8 Å². The zero-order valence-corrected chi connectivity index (χ0v) is 17.4. The fraction of sp³-hybridized carbons (Fsp3) is 0.364. The number of aryl methyl sites for hydroxylation is 2. The SMILES string of the molecule is Cc1noc(C)c1COc1cc2ccccc2cc1C(=O)NCC(N)C1CC1.Cl. The van der Waals surface area contributed by atoms with E-state index in [1.807, 2.05) is 50.2 Å². The van der Waals surface area contributed by atoms with E-state index >= 15 is 0 Å². The lowest BCUT2D eigenvalue weighted by atomic mass is 10.0. The summed E-state index contributed by atoms with van der Waals surface area (Å²) >= 11 is 0. The highest BCUT2D eigenvalue weighted by Gasteiger charge is 2.28. The highest BCUT2D eigenvalue weighted by Crippen LogP contribution is 2.31. The number of halogens is 1. The van der Waals surface area contributed by atoms with Crippen LogP contribution in [0.2, 0.25) is 0 Å². The minimum absolute atomic E-state index is 0. The fourth-order valence-electron chi connectivity index (χ4n) is 3.37. The normalized spacial score (nSPS) is 14.3. The zero-order chi connectivity index (χ0) is 19.7. The Labute approximate surface area is 176 Å². The summed E-state index contributed by atoms with van der Waals surface area (Å²) in [4.78, 5) is 12.9. The standard InChI is InChI=1S/C22H25N3O3.ClH/c1-13-19(14(2)28-25-13)12-27-21-10-17-6-4-3-5-16(17)9-18(21)22(26)24-11-20(23)15-7-8-15;/h3-6,9-10,15,20H,7-8,11-12,23H2,1-2H3,(H,24,26);1H. The predicted molar refractivity (Wildman–Crippen MR) is 115 cm³/mol. The number of benzene rings is 2. The lowest BCUT2D eigenvalue weighted by Gasteiger charge is -2.15. The van der Waals surface area contributed by atoms with E-state index in [1.54, 1.807) is 0 Å². The number of fused-ring (bicyclic) bond motifs is 1. The van der Waals surface area contributed by atoms with Gasteiger partial charge >= 0.3 is 0 Å². The fourth-order valence-corrected chi connectivity index (χ4v) is 3.37. The lowest BCUT2D eigenvalue weighted by molar-refractivity contribution is 0.0946. The van der Waals surface area contributed by atoms with E-state index in [-0.39, 0.29) is 24.4 Å². The Bertz CT molecular complexity index is 994. The minimum atomic E-state index is -0.171. The van der Waals surface area contributed by atoms with E-state index in [1.165, 1.54) is 0 Å². The molecule has 1 atom stereocenters. The Kier molecular flexibility index (Phi) is 6.45. The van der Waals surface area contributed by atoms with E-state index in [4.69, 9.17) is 15.0 Å². The summed E-state index contributed by atoms with van der Waals surface area (Å²) in [6.07, 6.45) is 2.30. The van der Waals surface area contributed by atoms with Gasteiger partial charge in [0.2, 0.25) is 0 Å². The number of nitrogens with zero attached hydrogens (tertiary/aromatic N) is 1. The summed E-state index contributed by atoms with van der Waals surface area (Å²) in [5.74, 6) is 1.62. The van der Waals surface area contributed by atoms with Gasteiger partial charge in [-0.1, -0.05) is 29.4 Å². The van der Waals surface area contributed by atoms with Crippen LogP contribution in [-0.4, -0.2) is 23.7 Å². The third-order valence-electron chi connectivity index (χ3n) is 5.37. The summed E-state index contributed by atoms with van der Waals surface area (Å²) in [5.41, 5.74) is 8.32. The molecule has 3 aromatic rings. The third-order valence-corrected chi connectivity index (χ3v) is 5.37. The number of amides is 1. The van der Waals surface area contributed by atoms with Crippen LogP contribution in [0.1, 0.15) is 40.2 Å². The first-order chi connectivity index (χ1) is 13.5. The maximum Gasteiger partial charge on any atom is 0.255 e. The Balaban J connectivity index is 0.00000240. The van der Waals surface area contributed by atoms with Crippen molar-refractivity contribution in [3.05, 3.63) is 59.0 Å². The van der Waals surface area contributed by atoms with Crippen molar-refractivity contribution in [2.75, 3.05) is 6.54 Å². The molecular formula is C22H26ClN3O3. The zero-order valence-electron chi connectivity index (χ0n) is 16.6. The number of hydrogen-bond acceptors (Lipinski definition) is 5. The summed E-state index contributed by atoms with van der Waals surface area (Å²) in [6.45, 7) is 4.50. The molecule has 7 heteroatoms. The smallest absolute Gasteiger partial charge is 0.255 e. The molecule has 0 saturated heterocycles. The Morgan fingerprint density at radius 2 is 1.97 bits per heavy atom. The molecule has 0 bridgehead atoms. The van der Waals surface area contributed by atoms with Crippen molar-refractivity contribution in [2.45, 2.75) is 39.3 Å². The van der Waals surface area contributed by atoms with Crippen molar-refractivity contribution >= 4 is 29.1 Å². The first-order valence-corrected chi connectivity index (χ1v) is 9.64. The molecule has 1 aliphatic carbocycles. The van der Waals surface area contributed by atoms with Gasteiger partial charge in [-0.3, -0.25) is 4.79 Å². The molecule has 4 rings (SSSR count). The van der Waals surface area contributed by atoms with Crippen LogP contribution in [0.15, 0.2) is 40.9 Å². The molecule has 6 nitrogen and oxygen atoms in total. The van der Waals surface area contributed by atoms with Crippen molar-refractivity contribution in [3.63, 3.8) is 0 Å². The lowest BCUT2D eigenvalue weighted by Crippen LogP contribution is -2.38. The Hall–Kier alpha value is -2.57. The van der Waals surface area contributed by atoms with E-state index in [9.17, 15) is 4.79 Å². The highest BCUT2D eigenvalue weighted by atomic mass is 35.5. The molecule has 154 valence electrons. The van der Waals surface area contributed by atoms with Crippen LogP contribution in [-0.2, 0) is 6.61 Å². The summed E-state index contributed by atoms with van der Waals surface area (Å²) in [5, 5.41) is 8.93.